The molecule has 2 N–H and O–H groups in total. The van der Waals surface area contributed by atoms with Crippen LogP contribution < -0.4 is 4.74 Å². The molecule has 2 aromatic rings. The zero-order chi connectivity index (χ0) is 19.3. The van der Waals surface area contributed by atoms with E-state index in [9.17, 15) is 14.7 Å². The Bertz CT molecular complexity index is 840. The predicted octanol–water partition coefficient (Wildman–Crippen LogP) is 4.18. The Morgan fingerprint density at radius 3 is 2.31 bits per heavy atom. The van der Waals surface area contributed by atoms with Crippen LogP contribution >= 0.6 is 45.2 Å². The number of aromatic hydroxyl groups is 1. The normalized spacial score (nSPS) is 10.2. The number of rotatable bonds is 7. The van der Waals surface area contributed by atoms with Gasteiger partial charge in [-0.1, -0.05) is 18.7 Å². The highest BCUT2D eigenvalue weighted by Gasteiger charge is 2.15. The highest BCUT2D eigenvalue weighted by Crippen LogP contribution is 2.29. The molecule has 136 valence electrons. The van der Waals surface area contributed by atoms with E-state index in [1.807, 2.05) is 45.2 Å². The van der Waals surface area contributed by atoms with Crippen molar-refractivity contribution in [2.24, 2.45) is 0 Å². The number of carbonyl (C=O) groups is 2. The van der Waals surface area contributed by atoms with Gasteiger partial charge in [-0.15, -0.1) is 0 Å². The molecule has 0 fully saturated rings. The van der Waals surface area contributed by atoms with Crippen molar-refractivity contribution in [3.05, 3.63) is 60.7 Å². The van der Waals surface area contributed by atoms with Gasteiger partial charge in [0.15, 0.2) is 0 Å². The molecule has 0 aliphatic carbocycles. The number of carboxylic acids is 1. The molecule has 0 amide bonds. The predicted molar refractivity (Wildman–Crippen MR) is 113 cm³/mol. The average molecular weight is 580 g/mol. The van der Waals surface area contributed by atoms with Gasteiger partial charge in [0.1, 0.15) is 30.3 Å². The van der Waals surface area contributed by atoms with Gasteiger partial charge in [0.2, 0.25) is 0 Å². The van der Waals surface area contributed by atoms with E-state index in [0.717, 1.165) is 0 Å². The van der Waals surface area contributed by atoms with Crippen LogP contribution in [0.1, 0.15) is 26.3 Å². The zero-order valence-corrected chi connectivity index (χ0v) is 17.7. The molecule has 0 spiro atoms. The maximum Gasteiger partial charge on any atom is 0.342 e. The number of phenolic OH excluding ortho intramolecular Hbond substituents is 1. The molecule has 8 heteroatoms. The minimum Gasteiger partial charge on any atom is -0.507 e. The molecular formula is C18H14I2O6. The number of aromatic carboxylic acids is 1. The molecule has 0 heterocycles. The SMILES string of the molecule is C=Cc1ccc(C(=O)OCCOc2c(I)cc(C(=O)O)cc2I)c(O)c1. The van der Waals surface area contributed by atoms with Crippen LogP contribution in [0.4, 0.5) is 0 Å². The first-order chi connectivity index (χ1) is 12.3. The topological polar surface area (TPSA) is 93.1 Å². The second kappa shape index (κ2) is 9.21. The van der Waals surface area contributed by atoms with Gasteiger partial charge >= 0.3 is 11.9 Å². The molecule has 2 aromatic carbocycles. The number of halogens is 2. The van der Waals surface area contributed by atoms with E-state index in [1.54, 1.807) is 12.1 Å². The molecule has 6 nitrogen and oxygen atoms in total. The van der Waals surface area contributed by atoms with Crippen molar-refractivity contribution >= 4 is 63.2 Å². The molecule has 0 saturated carbocycles. The second-order valence-electron chi connectivity index (χ2n) is 5.04. The van der Waals surface area contributed by atoms with Crippen LogP contribution in [-0.4, -0.2) is 35.4 Å². The summed E-state index contributed by atoms with van der Waals surface area (Å²) < 4.78 is 12.0. The first-order valence-corrected chi connectivity index (χ1v) is 9.47. The Hall–Kier alpha value is -1.82. The Kier molecular flexibility index (Phi) is 7.26. The summed E-state index contributed by atoms with van der Waals surface area (Å²) in [5.41, 5.74) is 0.929. The molecule has 0 atom stereocenters. The van der Waals surface area contributed by atoms with Gasteiger partial charge in [-0.3, -0.25) is 0 Å². The van der Waals surface area contributed by atoms with Crippen molar-refractivity contribution in [3.63, 3.8) is 0 Å². The summed E-state index contributed by atoms with van der Waals surface area (Å²) in [5, 5.41) is 18.9. The molecule has 0 bridgehead atoms. The number of esters is 1. The molecule has 0 aliphatic heterocycles. The maximum absolute atomic E-state index is 12.0. The Morgan fingerprint density at radius 1 is 1.12 bits per heavy atom. The van der Waals surface area contributed by atoms with Crippen LogP contribution in [0.25, 0.3) is 6.08 Å². The van der Waals surface area contributed by atoms with Crippen molar-refractivity contribution < 1.29 is 29.3 Å². The lowest BCUT2D eigenvalue weighted by Crippen LogP contribution is -2.13. The van der Waals surface area contributed by atoms with Crippen LogP contribution in [0.3, 0.4) is 0 Å². The number of carbonyl (C=O) groups excluding carboxylic acids is 1. The van der Waals surface area contributed by atoms with Gasteiger partial charge in [-0.05, 0) is 75.0 Å². The third-order valence-electron chi connectivity index (χ3n) is 3.29. The van der Waals surface area contributed by atoms with Crippen molar-refractivity contribution in [2.75, 3.05) is 13.2 Å². The summed E-state index contributed by atoms with van der Waals surface area (Å²) in [6.07, 6.45) is 1.56. The fourth-order valence-electron chi connectivity index (χ4n) is 2.03. The number of hydrogen-bond acceptors (Lipinski definition) is 5. The smallest absolute Gasteiger partial charge is 0.342 e. The standard InChI is InChI=1S/C18H14I2O6/c1-2-10-3-4-12(15(21)7-10)18(24)26-6-5-25-16-13(19)8-11(17(22)23)9-14(16)20/h2-4,7-9,21H,1,5-6H2,(H,22,23). The number of ether oxygens (including phenoxy) is 2. The largest absolute Gasteiger partial charge is 0.507 e. The van der Waals surface area contributed by atoms with E-state index in [1.165, 1.54) is 24.3 Å². The van der Waals surface area contributed by atoms with Gasteiger partial charge < -0.3 is 19.7 Å². The Labute approximate surface area is 177 Å². The van der Waals surface area contributed by atoms with Crippen molar-refractivity contribution in [1.29, 1.82) is 0 Å². The number of phenols is 1. The van der Waals surface area contributed by atoms with Crippen molar-refractivity contribution in [2.45, 2.75) is 0 Å². The van der Waals surface area contributed by atoms with E-state index >= 15 is 0 Å². The van der Waals surface area contributed by atoms with Crippen LogP contribution in [0, 0.1) is 7.14 Å². The molecule has 0 aliphatic rings. The minimum atomic E-state index is -1.01. The molecule has 26 heavy (non-hydrogen) atoms. The third-order valence-corrected chi connectivity index (χ3v) is 4.89. The molecule has 2 rings (SSSR count). The molecule has 0 radical (unpaired) electrons. The maximum atomic E-state index is 12.0. The van der Waals surface area contributed by atoms with Crippen LogP contribution in [0.5, 0.6) is 11.5 Å². The number of hydrogen-bond donors (Lipinski definition) is 2. The van der Waals surface area contributed by atoms with E-state index in [0.29, 0.717) is 18.5 Å². The Morgan fingerprint density at radius 2 is 1.77 bits per heavy atom. The summed E-state index contributed by atoms with van der Waals surface area (Å²) in [4.78, 5) is 23.0. The van der Waals surface area contributed by atoms with E-state index < -0.39 is 11.9 Å². The Balaban J connectivity index is 1.94. The number of carboxylic acid groups (broad SMARTS) is 1. The van der Waals surface area contributed by atoms with Gasteiger partial charge in [0, 0.05) is 0 Å². The highest BCUT2D eigenvalue weighted by molar-refractivity contribution is 14.1. The van der Waals surface area contributed by atoms with E-state index in [4.69, 9.17) is 14.6 Å². The minimum absolute atomic E-state index is 0.0195. The van der Waals surface area contributed by atoms with E-state index in [2.05, 4.69) is 6.58 Å². The average Bonchev–Trinajstić information content (AvgIpc) is 2.59. The van der Waals surface area contributed by atoms with Crippen LogP contribution in [-0.2, 0) is 4.74 Å². The number of benzene rings is 2. The highest BCUT2D eigenvalue weighted by atomic mass is 127. The lowest BCUT2D eigenvalue weighted by Gasteiger charge is -2.12. The summed E-state index contributed by atoms with van der Waals surface area (Å²) in [6, 6.07) is 7.55. The summed E-state index contributed by atoms with van der Waals surface area (Å²) >= 11 is 3.98. The molecule has 0 saturated heterocycles. The second-order valence-corrected chi connectivity index (χ2v) is 7.36. The van der Waals surface area contributed by atoms with Crippen LogP contribution in [0.15, 0.2) is 36.9 Å². The van der Waals surface area contributed by atoms with Gasteiger partial charge in [-0.25, -0.2) is 9.59 Å². The molecule has 0 aromatic heterocycles. The fraction of sp³-hybridized carbons (Fsp3) is 0.111. The summed E-state index contributed by atoms with van der Waals surface area (Å²) in [7, 11) is 0. The quantitative estimate of drug-likeness (QED) is 0.290. The lowest BCUT2D eigenvalue weighted by molar-refractivity contribution is 0.0445. The first-order valence-electron chi connectivity index (χ1n) is 7.31. The zero-order valence-electron chi connectivity index (χ0n) is 13.4. The molecular weight excluding hydrogens is 566 g/mol. The monoisotopic (exact) mass is 580 g/mol. The van der Waals surface area contributed by atoms with Crippen molar-refractivity contribution in [1.82, 2.24) is 0 Å². The first kappa shape index (κ1) is 20.5. The van der Waals surface area contributed by atoms with Crippen LogP contribution in [0.2, 0.25) is 0 Å². The third kappa shape index (κ3) is 5.10. The van der Waals surface area contributed by atoms with Gasteiger partial charge in [0.05, 0.1) is 12.7 Å². The van der Waals surface area contributed by atoms with Crippen molar-refractivity contribution in [3.8, 4) is 11.5 Å². The lowest BCUT2D eigenvalue weighted by atomic mass is 10.1. The van der Waals surface area contributed by atoms with E-state index in [-0.39, 0.29) is 30.1 Å². The summed E-state index contributed by atoms with van der Waals surface area (Å²) in [5.74, 6) is -1.32. The molecule has 0 unspecified atom stereocenters. The van der Waals surface area contributed by atoms with Gasteiger partial charge in [-0.2, -0.15) is 0 Å². The van der Waals surface area contributed by atoms with Gasteiger partial charge in [0.25, 0.3) is 0 Å². The summed E-state index contributed by atoms with van der Waals surface area (Å²) in [6.45, 7) is 3.66. The fourth-order valence-corrected chi connectivity index (χ4v) is 4.10.